The summed E-state index contributed by atoms with van der Waals surface area (Å²) in [6, 6.07) is 10.7. The summed E-state index contributed by atoms with van der Waals surface area (Å²) in [5.41, 5.74) is 0. The Morgan fingerprint density at radius 1 is 1.09 bits per heavy atom. The van der Waals surface area contributed by atoms with Gasteiger partial charge in [-0.3, -0.25) is 0 Å². The van der Waals surface area contributed by atoms with Crippen molar-refractivity contribution in [1.29, 1.82) is 0 Å². The third-order valence-corrected chi connectivity index (χ3v) is 4.99. The largest absolute Gasteiger partial charge is 0.207 e. The second-order valence-corrected chi connectivity index (χ2v) is 7.25. The molecule has 0 saturated carbocycles. The maximum absolute atomic E-state index is 2.34. The lowest BCUT2D eigenvalue weighted by Crippen LogP contribution is -2.11. The standard InChI is InChI=1S/C9H14BP/c1-10-11(2,3)9-7-5-4-6-8-9/h4-8H,1-3H3. The zero-order valence-corrected chi connectivity index (χ0v) is 8.31. The summed E-state index contributed by atoms with van der Waals surface area (Å²) < 4.78 is 0. The summed E-state index contributed by atoms with van der Waals surface area (Å²) >= 11 is 0. The fourth-order valence-corrected chi connectivity index (χ4v) is 2.20. The van der Waals surface area contributed by atoms with E-state index in [0.717, 1.165) is 0 Å². The van der Waals surface area contributed by atoms with Crippen molar-refractivity contribution in [3.63, 3.8) is 0 Å². The Morgan fingerprint density at radius 3 is 2.09 bits per heavy atom. The molecule has 0 heterocycles. The van der Waals surface area contributed by atoms with Gasteiger partial charge in [-0.15, -0.1) is 0 Å². The predicted octanol–water partition coefficient (Wildman–Crippen LogP) is 2.26. The van der Waals surface area contributed by atoms with E-state index >= 15 is 0 Å². The molecule has 0 unspecified atom stereocenters. The van der Waals surface area contributed by atoms with E-state index in [4.69, 9.17) is 0 Å². The van der Waals surface area contributed by atoms with Crippen molar-refractivity contribution in [3.8, 4) is 0 Å². The Balaban J connectivity index is 2.93. The lowest BCUT2D eigenvalue weighted by atomic mass is 10.2. The summed E-state index contributed by atoms with van der Waals surface area (Å²) in [5, 5.41) is 1.49. The highest BCUT2D eigenvalue weighted by atomic mass is 31.2. The summed E-state index contributed by atoms with van der Waals surface area (Å²) in [7, 11) is -0.901. The third kappa shape index (κ3) is 2.07. The highest BCUT2D eigenvalue weighted by molar-refractivity contribution is 8.04. The Morgan fingerprint density at radius 2 is 1.64 bits per heavy atom. The van der Waals surface area contributed by atoms with Gasteiger partial charge in [0.1, 0.15) is 0 Å². The highest BCUT2D eigenvalue weighted by Gasteiger charge is 2.12. The van der Waals surface area contributed by atoms with Gasteiger partial charge in [0.15, 0.2) is 0 Å². The van der Waals surface area contributed by atoms with E-state index < -0.39 is 7.14 Å². The van der Waals surface area contributed by atoms with E-state index in [1.54, 1.807) is 0 Å². The molecule has 1 aromatic carbocycles. The number of hydrogen-bond donors (Lipinski definition) is 0. The molecule has 0 aliphatic rings. The highest BCUT2D eigenvalue weighted by Crippen LogP contribution is 2.47. The van der Waals surface area contributed by atoms with Gasteiger partial charge in [-0.1, -0.05) is 25.2 Å². The van der Waals surface area contributed by atoms with Crippen LogP contribution in [0.1, 0.15) is 0 Å². The number of hydrogen-bond acceptors (Lipinski definition) is 0. The molecule has 0 nitrogen and oxygen atoms in total. The van der Waals surface area contributed by atoms with E-state index in [2.05, 4.69) is 57.5 Å². The molecule has 1 aromatic rings. The van der Waals surface area contributed by atoms with Crippen molar-refractivity contribution in [3.05, 3.63) is 30.3 Å². The van der Waals surface area contributed by atoms with Gasteiger partial charge in [0.2, 0.25) is 0 Å². The molecule has 0 aliphatic carbocycles. The van der Waals surface area contributed by atoms with Gasteiger partial charge in [0, 0.05) is 18.6 Å². The van der Waals surface area contributed by atoms with E-state index in [1.165, 1.54) is 5.30 Å². The predicted molar refractivity (Wildman–Crippen MR) is 56.5 cm³/mol. The molecule has 58 valence electrons. The molecule has 0 amide bonds. The average Bonchev–Trinajstić information content (AvgIpc) is 2.06. The molecule has 11 heavy (non-hydrogen) atoms. The third-order valence-electron chi connectivity index (χ3n) is 2.07. The second-order valence-electron chi connectivity index (χ2n) is 3.13. The molecule has 0 saturated heterocycles. The van der Waals surface area contributed by atoms with E-state index in [-0.39, 0.29) is 0 Å². The molecule has 0 spiro atoms. The Labute approximate surface area is 70.6 Å². The maximum atomic E-state index is 2.34. The number of benzene rings is 1. The van der Waals surface area contributed by atoms with Gasteiger partial charge in [-0.25, -0.2) is 6.82 Å². The van der Waals surface area contributed by atoms with Crippen LogP contribution in [-0.2, 0) is 0 Å². The topological polar surface area (TPSA) is 0 Å². The summed E-state index contributed by atoms with van der Waals surface area (Å²) in [6.07, 6.45) is 0. The van der Waals surface area contributed by atoms with Crippen molar-refractivity contribution in [2.75, 3.05) is 13.3 Å². The van der Waals surface area contributed by atoms with E-state index in [9.17, 15) is 0 Å². The van der Waals surface area contributed by atoms with E-state index in [1.807, 2.05) is 0 Å². The molecule has 1 rings (SSSR count). The molecule has 2 radical (unpaired) electrons. The molecule has 2 heteroatoms. The smallest absolute Gasteiger partial charge is 0.0441 e. The first-order chi connectivity index (χ1) is 5.17. The van der Waals surface area contributed by atoms with Gasteiger partial charge in [-0.2, -0.15) is 7.14 Å². The molecule has 0 aromatic heterocycles. The van der Waals surface area contributed by atoms with Crippen molar-refractivity contribution < 1.29 is 0 Å². The van der Waals surface area contributed by atoms with Crippen LogP contribution in [0.25, 0.3) is 0 Å². The van der Waals surface area contributed by atoms with Crippen LogP contribution in [0.4, 0.5) is 0 Å². The Hall–Kier alpha value is -0.285. The minimum atomic E-state index is -0.901. The van der Waals surface area contributed by atoms with Crippen LogP contribution in [0.3, 0.4) is 0 Å². The fourth-order valence-electron chi connectivity index (χ4n) is 0.961. The van der Waals surface area contributed by atoms with Crippen LogP contribution in [0.15, 0.2) is 30.3 Å². The van der Waals surface area contributed by atoms with Crippen molar-refractivity contribution in [2.45, 2.75) is 6.82 Å². The van der Waals surface area contributed by atoms with Gasteiger partial charge < -0.3 is 0 Å². The minimum absolute atomic E-state index is 0.901. The quantitative estimate of drug-likeness (QED) is 0.464. The molecular formula is C9H14BP. The van der Waals surface area contributed by atoms with Crippen LogP contribution in [0.2, 0.25) is 6.82 Å². The second kappa shape index (κ2) is 3.41. The number of rotatable bonds is 2. The minimum Gasteiger partial charge on any atom is -0.207 e. The lowest BCUT2D eigenvalue weighted by molar-refractivity contribution is 1.76. The van der Waals surface area contributed by atoms with E-state index in [0.29, 0.717) is 0 Å². The monoisotopic (exact) mass is 164 g/mol. The molecule has 0 bridgehead atoms. The van der Waals surface area contributed by atoms with Crippen LogP contribution >= 0.6 is 7.14 Å². The normalized spacial score (nSPS) is 11.5. The van der Waals surface area contributed by atoms with Crippen LogP contribution in [-0.4, -0.2) is 20.3 Å². The molecule has 0 N–H and O–H groups in total. The molecule has 0 atom stereocenters. The van der Waals surface area contributed by atoms with Gasteiger partial charge >= 0.3 is 0 Å². The molecular weight excluding hydrogens is 150 g/mol. The maximum Gasteiger partial charge on any atom is 0.0441 e. The first-order valence-electron chi connectivity index (χ1n) is 3.86. The molecule has 0 fully saturated rings. The first kappa shape index (κ1) is 8.81. The summed E-state index contributed by atoms with van der Waals surface area (Å²) in [6.45, 7) is 9.16. The van der Waals surface area contributed by atoms with Crippen molar-refractivity contribution in [1.82, 2.24) is 0 Å². The zero-order valence-electron chi connectivity index (χ0n) is 7.41. The first-order valence-corrected chi connectivity index (χ1v) is 6.62. The summed E-state index contributed by atoms with van der Waals surface area (Å²) in [4.78, 5) is 0. The van der Waals surface area contributed by atoms with Crippen LogP contribution in [0, 0.1) is 0 Å². The lowest BCUT2D eigenvalue weighted by Gasteiger charge is -2.27. The zero-order chi connectivity index (χ0) is 8.32. The Bertz CT molecular complexity index is 218. The van der Waals surface area contributed by atoms with Gasteiger partial charge in [0.25, 0.3) is 0 Å². The van der Waals surface area contributed by atoms with Crippen LogP contribution < -0.4 is 5.30 Å². The average molecular weight is 164 g/mol. The van der Waals surface area contributed by atoms with Crippen LogP contribution in [0.5, 0.6) is 0 Å². The van der Waals surface area contributed by atoms with Crippen molar-refractivity contribution >= 4 is 19.4 Å². The fraction of sp³-hybridized carbons (Fsp3) is 0.333. The Kier molecular flexibility index (Phi) is 2.73. The van der Waals surface area contributed by atoms with Gasteiger partial charge in [-0.05, 0) is 12.1 Å². The van der Waals surface area contributed by atoms with Gasteiger partial charge in [0.05, 0.1) is 0 Å². The van der Waals surface area contributed by atoms with Crippen molar-refractivity contribution in [2.24, 2.45) is 0 Å². The molecule has 0 aliphatic heterocycles. The summed E-state index contributed by atoms with van der Waals surface area (Å²) in [5.74, 6) is 0. The SMILES string of the molecule is C[B-][P+](C)(C)c1ccccc1.